The summed E-state index contributed by atoms with van der Waals surface area (Å²) in [4.78, 5) is 5.05. The van der Waals surface area contributed by atoms with Crippen LogP contribution in [-0.4, -0.2) is 10.1 Å². The number of aliphatic hydroxyl groups is 1. The maximum atomic E-state index is 12.4. The summed E-state index contributed by atoms with van der Waals surface area (Å²) in [5, 5.41) is 14.1. The van der Waals surface area contributed by atoms with Crippen LogP contribution < -0.4 is 0 Å². The van der Waals surface area contributed by atoms with Crippen molar-refractivity contribution in [1.29, 1.82) is 0 Å². The molecule has 1 aliphatic carbocycles. The van der Waals surface area contributed by atoms with E-state index in [4.69, 9.17) is 16.6 Å². The van der Waals surface area contributed by atoms with Crippen LogP contribution in [0.25, 0.3) is 33.3 Å². The van der Waals surface area contributed by atoms with E-state index in [-0.39, 0.29) is 0 Å². The van der Waals surface area contributed by atoms with Crippen molar-refractivity contribution in [3.63, 3.8) is 0 Å². The summed E-state index contributed by atoms with van der Waals surface area (Å²) in [6, 6.07) is 33.7. The smallest absolute Gasteiger partial charge is 0.142 e. The molecular weight excluding hydrogens is 402 g/mol. The highest BCUT2D eigenvalue weighted by Gasteiger charge is 2.45. The molecule has 2 nitrogen and oxygen atoms in total. The number of fused-ring (bicyclic) bond motifs is 5. The number of halogens is 1. The van der Waals surface area contributed by atoms with Crippen molar-refractivity contribution in [1.82, 2.24) is 4.98 Å². The molecule has 3 heteroatoms. The van der Waals surface area contributed by atoms with Crippen LogP contribution in [0.15, 0.2) is 103 Å². The highest BCUT2D eigenvalue weighted by atomic mass is 35.5. The van der Waals surface area contributed by atoms with E-state index in [1.165, 1.54) is 0 Å². The fraction of sp³-hybridized carbons (Fsp3) is 0.0357. The number of hydrogen-bond donors (Lipinski definition) is 1. The Hall–Kier alpha value is -3.46. The molecular formula is C28H18ClNO. The normalized spacial score (nSPS) is 16.8. The van der Waals surface area contributed by atoms with Crippen molar-refractivity contribution in [2.45, 2.75) is 5.60 Å². The Balaban J connectivity index is 1.81. The van der Waals surface area contributed by atoms with Gasteiger partial charge < -0.3 is 5.11 Å². The molecule has 1 aromatic heterocycles. The first-order chi connectivity index (χ1) is 15.2. The summed E-state index contributed by atoms with van der Waals surface area (Å²) in [6.45, 7) is 0. The van der Waals surface area contributed by atoms with Crippen LogP contribution in [0.4, 0.5) is 0 Å². The summed E-state index contributed by atoms with van der Waals surface area (Å²) in [5.74, 6) is 0. The van der Waals surface area contributed by atoms with Gasteiger partial charge in [0.1, 0.15) is 5.60 Å². The zero-order chi connectivity index (χ0) is 21.0. The van der Waals surface area contributed by atoms with Gasteiger partial charge in [-0.3, -0.25) is 0 Å². The van der Waals surface area contributed by atoms with Crippen LogP contribution in [0.2, 0.25) is 5.02 Å². The van der Waals surface area contributed by atoms with Gasteiger partial charge in [0.05, 0.1) is 11.2 Å². The SMILES string of the molecule is OC1(c2ccccc2)c2ccccc2-c2c(-c3ccc(Cl)cc3)nc3ccccc3c21. The lowest BCUT2D eigenvalue weighted by molar-refractivity contribution is 0.132. The predicted molar refractivity (Wildman–Crippen MR) is 126 cm³/mol. The van der Waals surface area contributed by atoms with E-state index >= 15 is 0 Å². The van der Waals surface area contributed by atoms with Crippen molar-refractivity contribution < 1.29 is 5.11 Å². The van der Waals surface area contributed by atoms with Gasteiger partial charge in [-0.25, -0.2) is 4.98 Å². The summed E-state index contributed by atoms with van der Waals surface area (Å²) in [6.07, 6.45) is 0. The topological polar surface area (TPSA) is 33.1 Å². The van der Waals surface area contributed by atoms with Crippen molar-refractivity contribution in [2.75, 3.05) is 0 Å². The minimum Gasteiger partial charge on any atom is -0.376 e. The highest BCUT2D eigenvalue weighted by molar-refractivity contribution is 6.30. The second-order valence-electron chi connectivity index (χ2n) is 7.86. The maximum Gasteiger partial charge on any atom is 0.142 e. The molecule has 1 atom stereocenters. The first-order valence-corrected chi connectivity index (χ1v) is 10.6. The van der Waals surface area contributed by atoms with Crippen LogP contribution in [0.1, 0.15) is 16.7 Å². The van der Waals surface area contributed by atoms with E-state index in [1.807, 2.05) is 97.1 Å². The van der Waals surface area contributed by atoms with Gasteiger partial charge in [0.15, 0.2) is 0 Å². The minimum absolute atomic E-state index is 0.683. The van der Waals surface area contributed by atoms with Gasteiger partial charge in [0, 0.05) is 32.7 Å². The fourth-order valence-corrected chi connectivity index (χ4v) is 4.92. The molecule has 0 radical (unpaired) electrons. The molecule has 5 aromatic rings. The van der Waals surface area contributed by atoms with Gasteiger partial charge in [0.25, 0.3) is 0 Å². The minimum atomic E-state index is -1.27. The third-order valence-corrected chi connectivity index (χ3v) is 6.40. The number of para-hydroxylation sites is 1. The molecule has 1 heterocycles. The summed E-state index contributed by atoms with van der Waals surface area (Å²) in [5.41, 5.74) is 6.00. The van der Waals surface area contributed by atoms with Crippen molar-refractivity contribution in [3.8, 4) is 22.4 Å². The van der Waals surface area contributed by atoms with Crippen LogP contribution in [0, 0.1) is 0 Å². The van der Waals surface area contributed by atoms with E-state index < -0.39 is 5.60 Å². The molecule has 6 rings (SSSR count). The Labute approximate surface area is 185 Å². The lowest BCUT2D eigenvalue weighted by atomic mass is 9.82. The number of rotatable bonds is 2. The molecule has 148 valence electrons. The average molecular weight is 420 g/mol. The molecule has 31 heavy (non-hydrogen) atoms. The Morgan fingerprint density at radius 2 is 1.39 bits per heavy atom. The van der Waals surface area contributed by atoms with E-state index in [0.29, 0.717) is 5.02 Å². The largest absolute Gasteiger partial charge is 0.376 e. The van der Waals surface area contributed by atoms with E-state index in [9.17, 15) is 5.11 Å². The van der Waals surface area contributed by atoms with Crippen LogP contribution in [0.5, 0.6) is 0 Å². The van der Waals surface area contributed by atoms with Gasteiger partial charge in [0.2, 0.25) is 0 Å². The molecule has 1 N–H and O–H groups in total. The Morgan fingerprint density at radius 1 is 0.710 bits per heavy atom. The quantitative estimate of drug-likeness (QED) is 0.340. The van der Waals surface area contributed by atoms with E-state index in [0.717, 1.165) is 50.0 Å². The van der Waals surface area contributed by atoms with Gasteiger partial charge in [-0.05, 0) is 29.3 Å². The lowest BCUT2D eigenvalue weighted by Gasteiger charge is -2.28. The second-order valence-corrected chi connectivity index (χ2v) is 8.29. The molecule has 0 saturated heterocycles. The van der Waals surface area contributed by atoms with Crippen molar-refractivity contribution >= 4 is 22.5 Å². The lowest BCUT2D eigenvalue weighted by Crippen LogP contribution is -2.26. The predicted octanol–water partition coefficient (Wildman–Crippen LogP) is 6.82. The number of aromatic nitrogens is 1. The first-order valence-electron chi connectivity index (χ1n) is 10.2. The number of nitrogens with zero attached hydrogens (tertiary/aromatic N) is 1. The van der Waals surface area contributed by atoms with E-state index in [2.05, 4.69) is 6.07 Å². The summed E-state index contributed by atoms with van der Waals surface area (Å²) in [7, 11) is 0. The number of pyridine rings is 1. The van der Waals surface area contributed by atoms with Crippen LogP contribution in [0.3, 0.4) is 0 Å². The first kappa shape index (κ1) is 18.3. The van der Waals surface area contributed by atoms with Crippen LogP contribution in [-0.2, 0) is 5.60 Å². The maximum absolute atomic E-state index is 12.4. The molecule has 1 unspecified atom stereocenters. The molecule has 0 bridgehead atoms. The van der Waals surface area contributed by atoms with Crippen molar-refractivity contribution in [2.24, 2.45) is 0 Å². The van der Waals surface area contributed by atoms with Gasteiger partial charge in [-0.15, -0.1) is 0 Å². The molecule has 0 aliphatic heterocycles. The molecule has 0 saturated carbocycles. The Bertz CT molecular complexity index is 1440. The molecule has 0 amide bonds. The molecule has 1 aliphatic rings. The van der Waals surface area contributed by atoms with Gasteiger partial charge in [-0.1, -0.05) is 96.5 Å². The van der Waals surface area contributed by atoms with Crippen molar-refractivity contribution in [3.05, 3.63) is 125 Å². The fourth-order valence-electron chi connectivity index (χ4n) is 4.80. The zero-order valence-electron chi connectivity index (χ0n) is 16.6. The summed E-state index contributed by atoms with van der Waals surface area (Å²) < 4.78 is 0. The number of benzene rings is 4. The summed E-state index contributed by atoms with van der Waals surface area (Å²) >= 11 is 6.16. The van der Waals surface area contributed by atoms with Gasteiger partial charge >= 0.3 is 0 Å². The van der Waals surface area contributed by atoms with Crippen LogP contribution >= 0.6 is 11.6 Å². The molecule has 4 aromatic carbocycles. The number of hydrogen-bond acceptors (Lipinski definition) is 2. The molecule has 0 spiro atoms. The average Bonchev–Trinajstić information content (AvgIpc) is 3.10. The zero-order valence-corrected chi connectivity index (χ0v) is 17.3. The second kappa shape index (κ2) is 6.78. The van der Waals surface area contributed by atoms with Gasteiger partial charge in [-0.2, -0.15) is 0 Å². The Kier molecular flexibility index (Phi) is 4.01. The highest BCUT2D eigenvalue weighted by Crippen LogP contribution is 2.55. The Morgan fingerprint density at radius 3 is 2.19 bits per heavy atom. The van der Waals surface area contributed by atoms with E-state index in [1.54, 1.807) is 0 Å². The third-order valence-electron chi connectivity index (χ3n) is 6.15. The molecule has 0 fully saturated rings. The standard InChI is InChI=1S/C28H18ClNO/c29-20-16-14-18(15-17-20)27-25-21-10-4-6-12-23(21)28(31,19-8-2-1-3-9-19)26(25)22-11-5-7-13-24(22)30-27/h1-17,31H. The third kappa shape index (κ3) is 2.59. The monoisotopic (exact) mass is 419 g/mol.